The molecule has 1 N–H and O–H groups in total. The fraction of sp³-hybridized carbons (Fsp3) is 0.450. The van der Waals surface area contributed by atoms with E-state index in [1.54, 1.807) is 4.90 Å². The van der Waals surface area contributed by atoms with Crippen molar-refractivity contribution in [3.05, 3.63) is 47.5 Å². The van der Waals surface area contributed by atoms with Crippen molar-refractivity contribution in [1.29, 1.82) is 0 Å². The number of aryl methyl sites for hydroxylation is 1. The number of imide groups is 1. The zero-order valence-electron chi connectivity index (χ0n) is 15.4. The van der Waals surface area contributed by atoms with Crippen molar-refractivity contribution in [2.45, 2.75) is 38.6 Å². The first-order chi connectivity index (χ1) is 12.4. The quantitative estimate of drug-likeness (QED) is 0.650. The Balaban J connectivity index is 1.84. The van der Waals surface area contributed by atoms with Gasteiger partial charge in [0.1, 0.15) is 12.1 Å². The topological polar surface area (TPSA) is 69.7 Å². The van der Waals surface area contributed by atoms with E-state index in [2.05, 4.69) is 11.9 Å². The molecule has 4 amide bonds. The predicted octanol–water partition coefficient (Wildman–Crippen LogP) is 2.19. The number of benzene rings is 1. The highest BCUT2D eigenvalue weighted by molar-refractivity contribution is 6.09. The summed E-state index contributed by atoms with van der Waals surface area (Å²) in [5.41, 5.74) is 1.76. The van der Waals surface area contributed by atoms with Crippen LogP contribution in [0.15, 0.2) is 36.4 Å². The molecule has 1 saturated heterocycles. The highest BCUT2D eigenvalue weighted by atomic mass is 16.2. The largest absolute Gasteiger partial charge is 0.337 e. The molecule has 6 nitrogen and oxygen atoms in total. The lowest BCUT2D eigenvalue weighted by Crippen LogP contribution is -2.47. The first-order valence-electron chi connectivity index (χ1n) is 9.03. The molecule has 1 aliphatic carbocycles. The zero-order chi connectivity index (χ0) is 18.9. The van der Waals surface area contributed by atoms with Crippen LogP contribution in [0.4, 0.5) is 4.79 Å². The number of likely N-dealkylation sites (N-methyl/N-ethyl adjacent to an activating group) is 1. The van der Waals surface area contributed by atoms with E-state index in [0.717, 1.165) is 34.4 Å². The number of nitrogens with one attached hydrogen (secondary N) is 1. The van der Waals surface area contributed by atoms with Crippen LogP contribution in [0.2, 0.25) is 0 Å². The minimum atomic E-state index is -1.03. The minimum Gasteiger partial charge on any atom is -0.337 e. The number of rotatable bonds is 5. The van der Waals surface area contributed by atoms with Gasteiger partial charge >= 0.3 is 6.03 Å². The molecule has 26 heavy (non-hydrogen) atoms. The van der Waals surface area contributed by atoms with Crippen LogP contribution in [-0.2, 0) is 21.5 Å². The SMILES string of the molecule is C=C(C)CN(CC)C(=O)CN1C(=O)N[C@@]2(CCCc3ccccc32)C1=O. The second-order valence-corrected chi connectivity index (χ2v) is 7.10. The molecule has 0 unspecified atom stereocenters. The maximum absolute atomic E-state index is 13.2. The highest BCUT2D eigenvalue weighted by Crippen LogP contribution is 2.39. The summed E-state index contributed by atoms with van der Waals surface area (Å²) >= 11 is 0. The molecule has 138 valence electrons. The van der Waals surface area contributed by atoms with Gasteiger partial charge in [0.05, 0.1) is 0 Å². The van der Waals surface area contributed by atoms with E-state index < -0.39 is 11.6 Å². The number of amides is 4. The van der Waals surface area contributed by atoms with Crippen LogP contribution in [0.3, 0.4) is 0 Å². The second kappa shape index (κ2) is 6.94. The molecular weight excluding hydrogens is 330 g/mol. The molecule has 0 aromatic heterocycles. The molecule has 0 saturated carbocycles. The van der Waals surface area contributed by atoms with Crippen molar-refractivity contribution < 1.29 is 14.4 Å². The Bertz CT molecular complexity index is 773. The Labute approximate surface area is 153 Å². The van der Waals surface area contributed by atoms with Crippen molar-refractivity contribution >= 4 is 17.8 Å². The van der Waals surface area contributed by atoms with Crippen molar-refractivity contribution in [1.82, 2.24) is 15.1 Å². The van der Waals surface area contributed by atoms with Crippen LogP contribution in [0.25, 0.3) is 0 Å². The van der Waals surface area contributed by atoms with Crippen molar-refractivity contribution in [2.24, 2.45) is 0 Å². The third kappa shape index (κ3) is 3.00. The van der Waals surface area contributed by atoms with Crippen LogP contribution in [-0.4, -0.2) is 47.3 Å². The average Bonchev–Trinajstić information content (AvgIpc) is 2.84. The van der Waals surface area contributed by atoms with Gasteiger partial charge in [0, 0.05) is 13.1 Å². The number of hydrogen-bond donors (Lipinski definition) is 1. The molecule has 3 rings (SSSR count). The summed E-state index contributed by atoms with van der Waals surface area (Å²) in [6, 6.07) is 7.22. The molecule has 1 aromatic carbocycles. The van der Waals surface area contributed by atoms with E-state index in [1.807, 2.05) is 38.1 Å². The Morgan fingerprint density at radius 2 is 2.08 bits per heavy atom. The van der Waals surface area contributed by atoms with Gasteiger partial charge in [-0.2, -0.15) is 0 Å². The minimum absolute atomic E-state index is 0.240. The molecule has 1 atom stereocenters. The highest BCUT2D eigenvalue weighted by Gasteiger charge is 2.54. The van der Waals surface area contributed by atoms with Gasteiger partial charge in [0.15, 0.2) is 0 Å². The van der Waals surface area contributed by atoms with Gasteiger partial charge in [-0.3, -0.25) is 14.5 Å². The summed E-state index contributed by atoms with van der Waals surface area (Å²) in [5.74, 6) is -0.575. The van der Waals surface area contributed by atoms with E-state index in [1.165, 1.54) is 0 Å². The van der Waals surface area contributed by atoms with Gasteiger partial charge in [-0.05, 0) is 44.2 Å². The van der Waals surface area contributed by atoms with Gasteiger partial charge in [-0.15, -0.1) is 0 Å². The van der Waals surface area contributed by atoms with E-state index >= 15 is 0 Å². The van der Waals surface area contributed by atoms with Gasteiger partial charge in [-0.25, -0.2) is 4.79 Å². The monoisotopic (exact) mass is 355 g/mol. The van der Waals surface area contributed by atoms with E-state index in [-0.39, 0.29) is 18.4 Å². The molecule has 6 heteroatoms. The van der Waals surface area contributed by atoms with E-state index in [9.17, 15) is 14.4 Å². The Morgan fingerprint density at radius 3 is 2.77 bits per heavy atom. The first kappa shape index (κ1) is 18.2. The zero-order valence-corrected chi connectivity index (χ0v) is 15.4. The predicted molar refractivity (Wildman–Crippen MR) is 98.4 cm³/mol. The summed E-state index contributed by atoms with van der Waals surface area (Å²) in [6.45, 7) is 8.22. The fourth-order valence-electron chi connectivity index (χ4n) is 3.89. The number of fused-ring (bicyclic) bond motifs is 2. The summed E-state index contributed by atoms with van der Waals surface area (Å²) in [4.78, 5) is 41.0. The molecule has 2 aliphatic rings. The Hall–Kier alpha value is -2.63. The Morgan fingerprint density at radius 1 is 1.35 bits per heavy atom. The Kier molecular flexibility index (Phi) is 4.85. The number of nitrogens with zero attached hydrogens (tertiary/aromatic N) is 2. The lowest BCUT2D eigenvalue weighted by molar-refractivity contribution is -0.139. The molecule has 1 aliphatic heterocycles. The molecular formula is C20H25N3O3. The van der Waals surface area contributed by atoms with Gasteiger partial charge in [0.2, 0.25) is 5.91 Å². The van der Waals surface area contributed by atoms with Gasteiger partial charge < -0.3 is 10.2 Å². The maximum atomic E-state index is 13.2. The van der Waals surface area contributed by atoms with Crippen LogP contribution in [0, 0.1) is 0 Å². The lowest BCUT2D eigenvalue weighted by atomic mass is 9.76. The van der Waals surface area contributed by atoms with Crippen molar-refractivity contribution in [2.75, 3.05) is 19.6 Å². The average molecular weight is 355 g/mol. The molecule has 0 radical (unpaired) electrons. The second-order valence-electron chi connectivity index (χ2n) is 7.10. The van der Waals surface area contributed by atoms with Crippen LogP contribution < -0.4 is 5.32 Å². The van der Waals surface area contributed by atoms with Gasteiger partial charge in [0.25, 0.3) is 5.91 Å². The number of carbonyl (C=O) groups is 3. The number of carbonyl (C=O) groups excluding carboxylic acids is 3. The molecule has 1 spiro atoms. The molecule has 0 bridgehead atoms. The van der Waals surface area contributed by atoms with E-state index in [0.29, 0.717) is 19.5 Å². The van der Waals surface area contributed by atoms with Crippen LogP contribution in [0.5, 0.6) is 0 Å². The third-order valence-electron chi connectivity index (χ3n) is 5.14. The smallest absolute Gasteiger partial charge is 0.325 e. The molecule has 1 aromatic rings. The number of hydrogen-bond acceptors (Lipinski definition) is 3. The van der Waals surface area contributed by atoms with E-state index in [4.69, 9.17) is 0 Å². The first-order valence-corrected chi connectivity index (χ1v) is 9.03. The summed E-state index contributed by atoms with van der Waals surface area (Å²) < 4.78 is 0. The summed E-state index contributed by atoms with van der Waals surface area (Å²) in [7, 11) is 0. The van der Waals surface area contributed by atoms with Crippen molar-refractivity contribution in [3.63, 3.8) is 0 Å². The van der Waals surface area contributed by atoms with Crippen molar-refractivity contribution in [3.8, 4) is 0 Å². The van der Waals surface area contributed by atoms with Gasteiger partial charge in [-0.1, -0.05) is 36.4 Å². The van der Waals surface area contributed by atoms with Crippen LogP contribution in [0.1, 0.15) is 37.8 Å². The molecule has 1 fully saturated rings. The fourth-order valence-corrected chi connectivity index (χ4v) is 3.89. The standard InChI is InChI=1S/C20H25N3O3/c1-4-22(12-14(2)3)17(24)13-23-18(25)20(21-19(23)26)11-7-9-15-8-5-6-10-16(15)20/h5-6,8,10H,2,4,7,9,11-13H2,1,3H3,(H,21,26)/t20-/m1/s1. The normalized spacial score (nSPS) is 21.5. The number of urea groups is 1. The summed E-state index contributed by atoms with van der Waals surface area (Å²) in [6.07, 6.45) is 2.27. The van der Waals surface area contributed by atoms with Crippen LogP contribution >= 0.6 is 0 Å². The molecule has 1 heterocycles. The summed E-state index contributed by atoms with van der Waals surface area (Å²) in [5, 5.41) is 2.88. The lowest BCUT2D eigenvalue weighted by Gasteiger charge is -2.33. The third-order valence-corrected chi connectivity index (χ3v) is 5.14. The maximum Gasteiger partial charge on any atom is 0.325 e.